The SMILES string of the molecule is CCCCOc1nnc(C(=O)OCC)s1. The van der Waals surface area contributed by atoms with E-state index in [0.717, 1.165) is 24.2 Å². The maximum absolute atomic E-state index is 11.2. The highest BCUT2D eigenvalue weighted by Crippen LogP contribution is 2.18. The summed E-state index contributed by atoms with van der Waals surface area (Å²) in [6.07, 6.45) is 2.03. The van der Waals surface area contributed by atoms with Crippen LogP contribution in [0.1, 0.15) is 36.5 Å². The van der Waals surface area contributed by atoms with E-state index < -0.39 is 5.97 Å². The minimum Gasteiger partial charge on any atom is -0.469 e. The highest BCUT2D eigenvalue weighted by Gasteiger charge is 2.13. The molecule has 0 spiro atoms. The first kappa shape index (κ1) is 11.9. The van der Waals surface area contributed by atoms with Gasteiger partial charge in [0.2, 0.25) is 5.01 Å². The number of aromatic nitrogens is 2. The van der Waals surface area contributed by atoms with Crippen molar-refractivity contribution in [1.29, 1.82) is 0 Å². The topological polar surface area (TPSA) is 61.3 Å². The summed E-state index contributed by atoms with van der Waals surface area (Å²) in [5.41, 5.74) is 0. The van der Waals surface area contributed by atoms with Gasteiger partial charge in [-0.3, -0.25) is 0 Å². The molecule has 6 heteroatoms. The Bertz CT molecular complexity index is 314. The molecule has 1 aromatic rings. The first-order valence-corrected chi connectivity index (χ1v) is 5.73. The standard InChI is InChI=1S/C9H14N2O3S/c1-3-5-6-14-9-11-10-7(15-9)8(12)13-4-2/h3-6H2,1-2H3. The zero-order chi connectivity index (χ0) is 11.1. The van der Waals surface area contributed by atoms with Crippen molar-refractivity contribution < 1.29 is 14.3 Å². The molecule has 5 nitrogen and oxygen atoms in total. The Kier molecular flexibility index (Phi) is 5.03. The predicted molar refractivity (Wildman–Crippen MR) is 56.3 cm³/mol. The van der Waals surface area contributed by atoms with E-state index in [1.54, 1.807) is 6.92 Å². The number of esters is 1. The van der Waals surface area contributed by atoms with Gasteiger partial charge in [-0.1, -0.05) is 18.4 Å². The molecule has 0 atom stereocenters. The number of ether oxygens (including phenoxy) is 2. The molecular weight excluding hydrogens is 216 g/mol. The van der Waals surface area contributed by atoms with Gasteiger partial charge in [0.1, 0.15) is 0 Å². The Morgan fingerprint density at radius 1 is 1.40 bits per heavy atom. The van der Waals surface area contributed by atoms with Gasteiger partial charge in [-0.15, -0.1) is 5.10 Å². The number of rotatable bonds is 6. The number of carbonyl (C=O) groups is 1. The lowest BCUT2D eigenvalue weighted by Crippen LogP contribution is -2.03. The Morgan fingerprint density at radius 3 is 2.87 bits per heavy atom. The molecule has 0 radical (unpaired) electrons. The van der Waals surface area contributed by atoms with Gasteiger partial charge in [0, 0.05) is 0 Å². The molecule has 1 aromatic heterocycles. The lowest BCUT2D eigenvalue weighted by molar-refractivity contribution is 0.0525. The summed E-state index contributed by atoms with van der Waals surface area (Å²) in [6, 6.07) is 0. The Hall–Kier alpha value is -1.17. The summed E-state index contributed by atoms with van der Waals surface area (Å²) in [5, 5.41) is 8.08. The van der Waals surface area contributed by atoms with E-state index in [-0.39, 0.29) is 5.01 Å². The minimum atomic E-state index is -0.444. The zero-order valence-electron chi connectivity index (χ0n) is 8.86. The van der Waals surface area contributed by atoms with Crippen LogP contribution < -0.4 is 4.74 Å². The van der Waals surface area contributed by atoms with E-state index in [9.17, 15) is 4.79 Å². The third kappa shape index (κ3) is 3.83. The molecule has 0 aliphatic rings. The monoisotopic (exact) mass is 230 g/mol. The van der Waals surface area contributed by atoms with E-state index in [1.807, 2.05) is 0 Å². The van der Waals surface area contributed by atoms with E-state index in [2.05, 4.69) is 17.1 Å². The molecule has 0 saturated carbocycles. The smallest absolute Gasteiger partial charge is 0.369 e. The first-order valence-electron chi connectivity index (χ1n) is 4.91. The largest absolute Gasteiger partial charge is 0.469 e. The molecule has 0 N–H and O–H groups in total. The summed E-state index contributed by atoms with van der Waals surface area (Å²) in [5.74, 6) is -0.444. The van der Waals surface area contributed by atoms with Crippen molar-refractivity contribution in [3.05, 3.63) is 5.01 Å². The summed E-state index contributed by atoms with van der Waals surface area (Å²) in [6.45, 7) is 4.77. The molecular formula is C9H14N2O3S. The molecule has 0 amide bonds. The van der Waals surface area contributed by atoms with E-state index in [1.165, 1.54) is 0 Å². The van der Waals surface area contributed by atoms with Gasteiger partial charge in [-0.05, 0) is 24.7 Å². The third-order valence-corrected chi connectivity index (χ3v) is 2.40. The molecule has 84 valence electrons. The maximum Gasteiger partial charge on any atom is 0.369 e. The Balaban J connectivity index is 2.45. The zero-order valence-corrected chi connectivity index (χ0v) is 9.67. The number of unbranched alkanes of at least 4 members (excludes halogenated alkanes) is 1. The van der Waals surface area contributed by atoms with Crippen LogP contribution in [0.5, 0.6) is 5.19 Å². The van der Waals surface area contributed by atoms with Gasteiger partial charge in [0.25, 0.3) is 5.19 Å². The molecule has 0 aliphatic carbocycles. The van der Waals surface area contributed by atoms with Gasteiger partial charge < -0.3 is 9.47 Å². The molecule has 0 bridgehead atoms. The summed E-state index contributed by atoms with van der Waals surface area (Å²) < 4.78 is 10.1. The van der Waals surface area contributed by atoms with Crippen molar-refractivity contribution in [2.75, 3.05) is 13.2 Å². The highest BCUT2D eigenvalue weighted by molar-refractivity contribution is 7.14. The van der Waals surface area contributed by atoms with Crippen molar-refractivity contribution >= 4 is 17.3 Å². The lowest BCUT2D eigenvalue weighted by atomic mass is 10.4. The molecule has 1 heterocycles. The third-order valence-electron chi connectivity index (χ3n) is 1.58. The van der Waals surface area contributed by atoms with Gasteiger partial charge in [-0.25, -0.2) is 4.79 Å². The van der Waals surface area contributed by atoms with Gasteiger partial charge in [0.05, 0.1) is 13.2 Å². The van der Waals surface area contributed by atoms with Gasteiger partial charge in [0.15, 0.2) is 0 Å². The maximum atomic E-state index is 11.2. The Morgan fingerprint density at radius 2 is 2.20 bits per heavy atom. The van der Waals surface area contributed by atoms with Crippen molar-refractivity contribution in [2.45, 2.75) is 26.7 Å². The van der Waals surface area contributed by atoms with Crippen LogP contribution in [0.4, 0.5) is 0 Å². The van der Waals surface area contributed by atoms with Crippen LogP contribution in [0.15, 0.2) is 0 Å². The first-order chi connectivity index (χ1) is 7.27. The highest BCUT2D eigenvalue weighted by atomic mass is 32.1. The van der Waals surface area contributed by atoms with Crippen LogP contribution in [0, 0.1) is 0 Å². The predicted octanol–water partition coefficient (Wildman–Crippen LogP) is 1.89. The van der Waals surface area contributed by atoms with E-state index >= 15 is 0 Å². The number of carbonyl (C=O) groups excluding carboxylic acids is 1. The van der Waals surface area contributed by atoms with Crippen molar-refractivity contribution in [3.63, 3.8) is 0 Å². The van der Waals surface area contributed by atoms with Crippen LogP contribution in [0.25, 0.3) is 0 Å². The second kappa shape index (κ2) is 6.34. The fourth-order valence-corrected chi connectivity index (χ4v) is 1.46. The van der Waals surface area contributed by atoms with Gasteiger partial charge >= 0.3 is 5.97 Å². The molecule has 0 unspecified atom stereocenters. The van der Waals surface area contributed by atoms with Crippen LogP contribution in [0.3, 0.4) is 0 Å². The van der Waals surface area contributed by atoms with Crippen LogP contribution in [0.2, 0.25) is 0 Å². The van der Waals surface area contributed by atoms with Crippen molar-refractivity contribution in [1.82, 2.24) is 10.2 Å². The molecule has 0 aromatic carbocycles. The summed E-state index contributed by atoms with van der Waals surface area (Å²) in [4.78, 5) is 11.2. The van der Waals surface area contributed by atoms with E-state index in [4.69, 9.17) is 9.47 Å². The van der Waals surface area contributed by atoms with E-state index in [0.29, 0.717) is 18.4 Å². The Labute approximate surface area is 92.4 Å². The fraction of sp³-hybridized carbons (Fsp3) is 0.667. The quantitative estimate of drug-likeness (QED) is 0.551. The second-order valence-electron chi connectivity index (χ2n) is 2.80. The molecule has 1 rings (SSSR count). The molecule has 0 aliphatic heterocycles. The molecule has 0 fully saturated rings. The molecule has 15 heavy (non-hydrogen) atoms. The average molecular weight is 230 g/mol. The number of hydrogen-bond donors (Lipinski definition) is 0. The van der Waals surface area contributed by atoms with Crippen LogP contribution in [-0.2, 0) is 4.74 Å². The second-order valence-corrected chi connectivity index (χ2v) is 3.74. The van der Waals surface area contributed by atoms with Gasteiger partial charge in [-0.2, -0.15) is 0 Å². The minimum absolute atomic E-state index is 0.239. The molecule has 0 saturated heterocycles. The van der Waals surface area contributed by atoms with Crippen molar-refractivity contribution in [3.8, 4) is 5.19 Å². The summed E-state index contributed by atoms with van der Waals surface area (Å²) >= 11 is 1.11. The normalized spacial score (nSPS) is 10.0. The van der Waals surface area contributed by atoms with Crippen LogP contribution in [-0.4, -0.2) is 29.4 Å². The van der Waals surface area contributed by atoms with Crippen molar-refractivity contribution in [2.24, 2.45) is 0 Å². The lowest BCUT2D eigenvalue weighted by Gasteiger charge is -1.97. The fourth-order valence-electron chi connectivity index (χ4n) is 0.847. The summed E-state index contributed by atoms with van der Waals surface area (Å²) in [7, 11) is 0. The number of hydrogen-bond acceptors (Lipinski definition) is 6. The number of nitrogens with zero attached hydrogens (tertiary/aromatic N) is 2. The van der Waals surface area contributed by atoms with Crippen LogP contribution >= 0.6 is 11.3 Å². The average Bonchev–Trinajstić information content (AvgIpc) is 2.67.